The van der Waals surface area contributed by atoms with Crippen molar-refractivity contribution < 1.29 is 13.2 Å². The van der Waals surface area contributed by atoms with Gasteiger partial charge in [-0.25, -0.2) is 8.42 Å². The Morgan fingerprint density at radius 3 is 1.70 bits per heavy atom. The van der Waals surface area contributed by atoms with Gasteiger partial charge in [0.2, 0.25) is 10.0 Å². The van der Waals surface area contributed by atoms with E-state index in [9.17, 15) is 13.2 Å². The minimum absolute atomic E-state index is 0.0752. The molecule has 0 spiro atoms. The Kier molecular flexibility index (Phi) is 8.09. The second kappa shape index (κ2) is 11.4. The summed E-state index contributed by atoms with van der Waals surface area (Å²) >= 11 is 0. The van der Waals surface area contributed by atoms with Crippen LogP contribution in [0.4, 0.5) is 5.69 Å². The van der Waals surface area contributed by atoms with Gasteiger partial charge in [-0.1, -0.05) is 84.9 Å². The molecule has 0 heterocycles. The third kappa shape index (κ3) is 6.86. The fraction of sp³-hybridized carbons (Fsp3) is 0.194. The van der Waals surface area contributed by atoms with Crippen molar-refractivity contribution in [2.45, 2.75) is 33.5 Å². The maximum Gasteiger partial charge on any atom is 0.254 e. The van der Waals surface area contributed by atoms with Crippen LogP contribution in [0.5, 0.6) is 0 Å². The van der Waals surface area contributed by atoms with E-state index in [1.54, 1.807) is 12.1 Å². The highest BCUT2D eigenvalue weighted by Gasteiger charge is 2.21. The molecular weight excluding hydrogens is 480 g/mol. The van der Waals surface area contributed by atoms with Gasteiger partial charge in [0.25, 0.3) is 5.91 Å². The number of hydrogen-bond donors (Lipinski definition) is 0. The van der Waals surface area contributed by atoms with Crippen LogP contribution in [0.2, 0.25) is 0 Å². The van der Waals surface area contributed by atoms with Gasteiger partial charge in [0.1, 0.15) is 0 Å². The van der Waals surface area contributed by atoms with Crippen LogP contribution in [0.15, 0.2) is 103 Å². The van der Waals surface area contributed by atoms with Crippen LogP contribution < -0.4 is 4.31 Å². The first-order chi connectivity index (χ1) is 17.7. The lowest BCUT2D eigenvalue weighted by Gasteiger charge is -2.25. The van der Waals surface area contributed by atoms with Gasteiger partial charge in [0, 0.05) is 18.7 Å². The molecule has 1 amide bonds. The van der Waals surface area contributed by atoms with Gasteiger partial charge in [0.05, 0.1) is 18.5 Å². The quantitative estimate of drug-likeness (QED) is 0.272. The molecule has 0 aliphatic rings. The first kappa shape index (κ1) is 26.2. The minimum Gasteiger partial charge on any atom is -0.330 e. The number of amides is 1. The molecule has 0 saturated heterocycles. The summed E-state index contributed by atoms with van der Waals surface area (Å²) in [7, 11) is -3.51. The number of rotatable bonds is 9. The molecule has 0 bridgehead atoms. The Bertz CT molecular complexity index is 1410. The molecule has 6 heteroatoms. The van der Waals surface area contributed by atoms with E-state index in [1.807, 2.05) is 110 Å². The van der Waals surface area contributed by atoms with E-state index < -0.39 is 10.0 Å². The van der Waals surface area contributed by atoms with E-state index in [0.29, 0.717) is 24.3 Å². The normalized spacial score (nSPS) is 11.2. The van der Waals surface area contributed by atoms with Crippen molar-refractivity contribution in [1.29, 1.82) is 0 Å². The second-order valence-corrected chi connectivity index (χ2v) is 11.3. The Morgan fingerprint density at radius 1 is 0.676 bits per heavy atom. The molecule has 4 aromatic carbocycles. The van der Waals surface area contributed by atoms with Crippen molar-refractivity contribution in [2.75, 3.05) is 10.6 Å². The summed E-state index contributed by atoms with van der Waals surface area (Å²) in [6, 6.07) is 32.9. The Balaban J connectivity index is 1.57. The van der Waals surface area contributed by atoms with E-state index >= 15 is 0 Å². The number of hydrogen-bond acceptors (Lipinski definition) is 3. The predicted molar refractivity (Wildman–Crippen MR) is 150 cm³/mol. The van der Waals surface area contributed by atoms with Gasteiger partial charge in [-0.3, -0.25) is 9.10 Å². The van der Waals surface area contributed by atoms with Gasteiger partial charge >= 0.3 is 0 Å². The van der Waals surface area contributed by atoms with E-state index in [4.69, 9.17) is 0 Å². The summed E-state index contributed by atoms with van der Waals surface area (Å²) in [5.41, 5.74) is 6.03. The first-order valence-corrected chi connectivity index (χ1v) is 14.1. The number of carbonyl (C=O) groups is 1. The van der Waals surface area contributed by atoms with Gasteiger partial charge < -0.3 is 4.90 Å². The molecule has 37 heavy (non-hydrogen) atoms. The van der Waals surface area contributed by atoms with Crippen LogP contribution in [0.25, 0.3) is 0 Å². The third-order valence-corrected chi connectivity index (χ3v) is 7.41. The van der Waals surface area contributed by atoms with Crippen molar-refractivity contribution in [2.24, 2.45) is 0 Å². The van der Waals surface area contributed by atoms with E-state index in [1.165, 1.54) is 10.6 Å². The number of aryl methyl sites for hydroxylation is 2. The predicted octanol–water partition coefficient (Wildman–Crippen LogP) is 6.11. The number of sulfonamides is 1. The molecule has 0 N–H and O–H groups in total. The largest absolute Gasteiger partial charge is 0.330 e. The fourth-order valence-corrected chi connectivity index (χ4v) is 5.22. The van der Waals surface area contributed by atoms with Gasteiger partial charge in [-0.2, -0.15) is 0 Å². The molecule has 0 aliphatic carbocycles. The lowest BCUT2D eigenvalue weighted by atomic mass is 10.1. The summed E-state index contributed by atoms with van der Waals surface area (Å²) in [6.45, 7) is 5.02. The van der Waals surface area contributed by atoms with Crippen LogP contribution in [0.1, 0.15) is 38.2 Å². The molecule has 190 valence electrons. The van der Waals surface area contributed by atoms with Crippen molar-refractivity contribution >= 4 is 21.6 Å². The number of nitrogens with zero attached hydrogens (tertiary/aromatic N) is 2. The van der Waals surface area contributed by atoms with Crippen LogP contribution in [0.3, 0.4) is 0 Å². The maximum atomic E-state index is 13.6. The topological polar surface area (TPSA) is 57.7 Å². The Morgan fingerprint density at radius 2 is 1.19 bits per heavy atom. The van der Waals surface area contributed by atoms with Crippen LogP contribution in [-0.4, -0.2) is 25.5 Å². The molecule has 5 nitrogen and oxygen atoms in total. The summed E-state index contributed by atoms with van der Waals surface area (Å²) in [5, 5.41) is 0. The molecule has 0 radical (unpaired) electrons. The maximum absolute atomic E-state index is 13.6. The number of anilines is 1. The minimum atomic E-state index is -3.51. The molecule has 0 unspecified atom stereocenters. The lowest BCUT2D eigenvalue weighted by Crippen LogP contribution is -2.31. The highest BCUT2D eigenvalue weighted by molar-refractivity contribution is 7.92. The highest BCUT2D eigenvalue weighted by atomic mass is 32.2. The SMILES string of the molecule is Cc1ccc(C)c(N(Cc2ccc(C(=O)N(Cc3ccccc3)Cc3ccccc3)cc2)S(C)(=O)=O)c1. The average molecular weight is 513 g/mol. The molecule has 0 atom stereocenters. The Hall–Kier alpha value is -3.90. The highest BCUT2D eigenvalue weighted by Crippen LogP contribution is 2.26. The zero-order valence-electron chi connectivity index (χ0n) is 21.5. The third-order valence-electron chi connectivity index (χ3n) is 6.28. The first-order valence-electron chi connectivity index (χ1n) is 12.2. The van der Waals surface area contributed by atoms with Gasteiger partial charge in [0.15, 0.2) is 0 Å². The average Bonchev–Trinajstić information content (AvgIpc) is 2.89. The molecule has 0 aliphatic heterocycles. The van der Waals surface area contributed by atoms with Gasteiger partial charge in [-0.15, -0.1) is 0 Å². The lowest BCUT2D eigenvalue weighted by molar-refractivity contribution is 0.0730. The standard InChI is InChI=1S/C31H32N2O3S/c1-24-14-15-25(2)30(20-24)33(37(3,35)36)23-28-16-18-29(19-17-28)31(34)32(21-26-10-6-4-7-11-26)22-27-12-8-5-9-13-27/h4-20H,21-23H2,1-3H3. The van der Waals surface area contributed by atoms with Crippen LogP contribution in [-0.2, 0) is 29.7 Å². The van der Waals surface area contributed by atoms with Crippen molar-refractivity contribution in [3.05, 3.63) is 137 Å². The zero-order valence-corrected chi connectivity index (χ0v) is 22.3. The van der Waals surface area contributed by atoms with E-state index in [0.717, 1.165) is 27.8 Å². The second-order valence-electron chi connectivity index (χ2n) is 9.39. The number of carbonyl (C=O) groups excluding carboxylic acids is 1. The Labute approximate surface area is 220 Å². The number of benzene rings is 4. The summed E-state index contributed by atoms with van der Waals surface area (Å²) < 4.78 is 26.8. The van der Waals surface area contributed by atoms with Crippen LogP contribution >= 0.6 is 0 Å². The molecular formula is C31H32N2O3S. The molecule has 0 fully saturated rings. The summed E-state index contributed by atoms with van der Waals surface area (Å²) in [4.78, 5) is 15.4. The van der Waals surface area contributed by atoms with Crippen molar-refractivity contribution in [3.63, 3.8) is 0 Å². The van der Waals surface area contributed by atoms with Crippen LogP contribution in [0, 0.1) is 13.8 Å². The molecule has 4 rings (SSSR count). The molecule has 4 aromatic rings. The molecule has 0 saturated carbocycles. The van der Waals surface area contributed by atoms with Gasteiger partial charge in [-0.05, 0) is 59.9 Å². The van der Waals surface area contributed by atoms with Crippen molar-refractivity contribution in [1.82, 2.24) is 4.90 Å². The van der Waals surface area contributed by atoms with E-state index in [-0.39, 0.29) is 12.5 Å². The molecule has 0 aromatic heterocycles. The zero-order chi connectivity index (χ0) is 26.4. The van der Waals surface area contributed by atoms with E-state index in [2.05, 4.69) is 0 Å². The summed E-state index contributed by atoms with van der Waals surface area (Å²) in [6.07, 6.45) is 1.22. The smallest absolute Gasteiger partial charge is 0.254 e. The monoisotopic (exact) mass is 512 g/mol. The summed E-state index contributed by atoms with van der Waals surface area (Å²) in [5.74, 6) is -0.0752. The van der Waals surface area contributed by atoms with Crippen molar-refractivity contribution in [3.8, 4) is 0 Å². The fourth-order valence-electron chi connectivity index (χ4n) is 4.28.